The fourth-order valence-corrected chi connectivity index (χ4v) is 1.42. The highest BCUT2D eigenvalue weighted by Gasteiger charge is 2.08. The van der Waals surface area contributed by atoms with Crippen molar-refractivity contribution in [1.29, 1.82) is 0 Å². The third kappa shape index (κ3) is 2.44. The van der Waals surface area contributed by atoms with Crippen LogP contribution in [-0.2, 0) is 0 Å². The number of carboxylic acids is 1. The monoisotopic (exact) mass is 235 g/mol. The van der Waals surface area contributed by atoms with Gasteiger partial charge < -0.3 is 5.11 Å². The maximum Gasteiger partial charge on any atom is 0.335 e. The van der Waals surface area contributed by atoms with Crippen LogP contribution in [-0.4, -0.2) is 16.1 Å². The smallest absolute Gasteiger partial charge is 0.335 e. The Labute approximate surface area is 95.4 Å². The van der Waals surface area contributed by atoms with Crippen LogP contribution in [0.15, 0.2) is 36.5 Å². The van der Waals surface area contributed by atoms with Crippen LogP contribution in [0.2, 0.25) is 0 Å². The van der Waals surface area contributed by atoms with E-state index in [1.165, 1.54) is 18.3 Å². The number of benzene rings is 1. The van der Waals surface area contributed by atoms with Crippen LogP contribution in [0.3, 0.4) is 0 Å². The third-order valence-corrected chi connectivity index (χ3v) is 2.17. The summed E-state index contributed by atoms with van der Waals surface area (Å²) in [5.41, 5.74) is 0.425. The molecular weight excluding hydrogens is 228 g/mol. The number of carbonyl (C=O) groups is 1. The van der Waals surface area contributed by atoms with Crippen molar-refractivity contribution in [3.63, 3.8) is 0 Å². The molecule has 1 heterocycles. The highest BCUT2D eigenvalue weighted by atomic mass is 19.1. The summed E-state index contributed by atoms with van der Waals surface area (Å²) in [6.07, 6.45) is 1.28. The number of aromatic nitrogens is 1. The normalized spacial score (nSPS) is 10.2. The summed E-state index contributed by atoms with van der Waals surface area (Å²) in [5.74, 6) is -2.59. The van der Waals surface area contributed by atoms with Gasteiger partial charge in [0.2, 0.25) is 0 Å². The fraction of sp³-hybridized carbons (Fsp3) is 0. The van der Waals surface area contributed by atoms with E-state index in [9.17, 15) is 13.6 Å². The van der Waals surface area contributed by atoms with Crippen molar-refractivity contribution in [2.75, 3.05) is 0 Å². The summed E-state index contributed by atoms with van der Waals surface area (Å²) in [6, 6.07) is 5.50. The van der Waals surface area contributed by atoms with E-state index in [2.05, 4.69) is 4.98 Å². The van der Waals surface area contributed by atoms with Gasteiger partial charge in [-0.3, -0.25) is 4.98 Å². The lowest BCUT2D eigenvalue weighted by Gasteiger charge is -2.02. The van der Waals surface area contributed by atoms with E-state index in [1.54, 1.807) is 0 Å². The predicted octanol–water partition coefficient (Wildman–Crippen LogP) is 2.73. The van der Waals surface area contributed by atoms with E-state index in [4.69, 9.17) is 5.11 Å². The zero-order valence-electron chi connectivity index (χ0n) is 8.52. The second kappa shape index (κ2) is 4.29. The molecule has 1 aromatic heterocycles. The summed E-state index contributed by atoms with van der Waals surface area (Å²) in [7, 11) is 0. The molecule has 0 aliphatic carbocycles. The Hall–Kier alpha value is -2.30. The van der Waals surface area contributed by atoms with Crippen LogP contribution < -0.4 is 0 Å². The van der Waals surface area contributed by atoms with Gasteiger partial charge in [-0.1, -0.05) is 0 Å². The van der Waals surface area contributed by atoms with Gasteiger partial charge in [-0.05, 0) is 24.3 Å². The summed E-state index contributed by atoms with van der Waals surface area (Å²) < 4.78 is 26.0. The Balaban J connectivity index is 2.52. The minimum Gasteiger partial charge on any atom is -0.478 e. The SMILES string of the molecule is O=C(O)c1ccnc(-c2cc(F)cc(F)c2)c1. The number of hydrogen-bond acceptors (Lipinski definition) is 2. The van der Waals surface area contributed by atoms with Crippen LogP contribution in [0.4, 0.5) is 8.78 Å². The number of rotatable bonds is 2. The van der Waals surface area contributed by atoms with Crippen molar-refractivity contribution in [3.8, 4) is 11.3 Å². The standard InChI is InChI=1S/C12H7F2NO2/c13-9-3-8(4-10(14)6-9)11-5-7(12(16)17)1-2-15-11/h1-6H,(H,16,17). The first-order valence-electron chi connectivity index (χ1n) is 4.72. The lowest BCUT2D eigenvalue weighted by molar-refractivity contribution is 0.0697. The third-order valence-electron chi connectivity index (χ3n) is 2.17. The molecular formula is C12H7F2NO2. The molecule has 2 rings (SSSR count). The Kier molecular flexibility index (Phi) is 2.82. The minimum atomic E-state index is -1.12. The molecule has 3 nitrogen and oxygen atoms in total. The number of aromatic carboxylic acids is 1. The van der Waals surface area contributed by atoms with Crippen molar-refractivity contribution in [2.24, 2.45) is 0 Å². The molecule has 0 aliphatic heterocycles. The average molecular weight is 235 g/mol. The zero-order chi connectivity index (χ0) is 12.4. The molecule has 0 fully saturated rings. The Morgan fingerprint density at radius 3 is 2.35 bits per heavy atom. The molecule has 1 N–H and O–H groups in total. The zero-order valence-corrected chi connectivity index (χ0v) is 8.52. The molecule has 86 valence electrons. The van der Waals surface area contributed by atoms with E-state index in [0.717, 1.165) is 18.2 Å². The first-order chi connectivity index (χ1) is 8.06. The molecule has 0 amide bonds. The number of hydrogen-bond donors (Lipinski definition) is 1. The maximum absolute atomic E-state index is 13.0. The molecule has 0 unspecified atom stereocenters. The van der Waals surface area contributed by atoms with Gasteiger partial charge in [-0.25, -0.2) is 13.6 Å². The quantitative estimate of drug-likeness (QED) is 0.870. The number of nitrogens with zero attached hydrogens (tertiary/aromatic N) is 1. The summed E-state index contributed by atoms with van der Waals surface area (Å²) in [6.45, 7) is 0. The molecule has 17 heavy (non-hydrogen) atoms. The van der Waals surface area contributed by atoms with Crippen molar-refractivity contribution in [3.05, 3.63) is 53.7 Å². The molecule has 0 atom stereocenters. The summed E-state index contributed by atoms with van der Waals surface area (Å²) >= 11 is 0. The van der Waals surface area contributed by atoms with E-state index >= 15 is 0 Å². The van der Waals surface area contributed by atoms with Gasteiger partial charge in [0.25, 0.3) is 0 Å². The lowest BCUT2D eigenvalue weighted by Crippen LogP contribution is -1.97. The van der Waals surface area contributed by atoms with Crippen molar-refractivity contribution >= 4 is 5.97 Å². The van der Waals surface area contributed by atoms with Crippen LogP contribution in [0.5, 0.6) is 0 Å². The van der Waals surface area contributed by atoms with Crippen LogP contribution in [0, 0.1) is 11.6 Å². The number of halogens is 2. The Morgan fingerprint density at radius 1 is 1.12 bits per heavy atom. The summed E-state index contributed by atoms with van der Waals surface area (Å²) in [4.78, 5) is 14.6. The minimum absolute atomic E-state index is 0.0136. The van der Waals surface area contributed by atoms with Crippen molar-refractivity contribution in [2.45, 2.75) is 0 Å². The predicted molar refractivity (Wildman–Crippen MR) is 56.5 cm³/mol. The van der Waals surface area contributed by atoms with Gasteiger partial charge in [0, 0.05) is 17.8 Å². The molecule has 2 aromatic rings. The van der Waals surface area contributed by atoms with Gasteiger partial charge in [0.15, 0.2) is 0 Å². The average Bonchev–Trinajstić information content (AvgIpc) is 2.28. The maximum atomic E-state index is 13.0. The Morgan fingerprint density at radius 2 is 1.76 bits per heavy atom. The van der Waals surface area contributed by atoms with E-state index < -0.39 is 17.6 Å². The molecule has 0 bridgehead atoms. The number of pyridine rings is 1. The van der Waals surface area contributed by atoms with Crippen molar-refractivity contribution < 1.29 is 18.7 Å². The van der Waals surface area contributed by atoms with Crippen LogP contribution in [0.25, 0.3) is 11.3 Å². The second-order valence-corrected chi connectivity index (χ2v) is 3.39. The fourth-order valence-electron chi connectivity index (χ4n) is 1.42. The first kappa shape index (κ1) is 11.2. The van der Waals surface area contributed by atoms with Gasteiger partial charge in [-0.15, -0.1) is 0 Å². The first-order valence-corrected chi connectivity index (χ1v) is 4.72. The van der Waals surface area contributed by atoms with E-state index in [0.29, 0.717) is 0 Å². The van der Waals surface area contributed by atoms with E-state index in [1.807, 2.05) is 0 Å². The molecule has 1 aromatic carbocycles. The molecule has 0 spiro atoms. The lowest BCUT2D eigenvalue weighted by atomic mass is 10.1. The van der Waals surface area contributed by atoms with Gasteiger partial charge >= 0.3 is 5.97 Å². The van der Waals surface area contributed by atoms with Crippen LogP contribution >= 0.6 is 0 Å². The van der Waals surface area contributed by atoms with Gasteiger partial charge in [-0.2, -0.15) is 0 Å². The van der Waals surface area contributed by atoms with Gasteiger partial charge in [0.1, 0.15) is 11.6 Å². The molecule has 0 radical (unpaired) electrons. The molecule has 0 saturated heterocycles. The molecule has 0 aliphatic rings. The van der Waals surface area contributed by atoms with E-state index in [-0.39, 0.29) is 16.8 Å². The molecule has 5 heteroatoms. The Bertz CT molecular complexity index is 564. The van der Waals surface area contributed by atoms with Gasteiger partial charge in [0.05, 0.1) is 11.3 Å². The largest absolute Gasteiger partial charge is 0.478 e. The number of carboxylic acid groups (broad SMARTS) is 1. The summed E-state index contributed by atoms with van der Waals surface area (Å²) in [5, 5.41) is 8.79. The molecule has 0 saturated carbocycles. The highest BCUT2D eigenvalue weighted by molar-refractivity contribution is 5.88. The topological polar surface area (TPSA) is 50.2 Å². The van der Waals surface area contributed by atoms with Crippen molar-refractivity contribution in [1.82, 2.24) is 4.98 Å². The second-order valence-electron chi connectivity index (χ2n) is 3.39. The van der Waals surface area contributed by atoms with Crippen LogP contribution in [0.1, 0.15) is 10.4 Å². The highest BCUT2D eigenvalue weighted by Crippen LogP contribution is 2.20.